The van der Waals surface area contributed by atoms with E-state index in [4.69, 9.17) is 0 Å². The van der Waals surface area contributed by atoms with Crippen LogP contribution in [-0.2, 0) is 13.0 Å². The van der Waals surface area contributed by atoms with Crippen molar-refractivity contribution in [3.63, 3.8) is 0 Å². The van der Waals surface area contributed by atoms with Gasteiger partial charge in [0.15, 0.2) is 0 Å². The second kappa shape index (κ2) is 7.83. The van der Waals surface area contributed by atoms with Gasteiger partial charge in [-0.05, 0) is 42.7 Å². The first-order valence-electron chi connectivity index (χ1n) is 9.51. The first-order chi connectivity index (χ1) is 14.0. The highest BCUT2D eigenvalue weighted by Gasteiger charge is 2.14. The molecule has 6 heteroatoms. The Kier molecular flexibility index (Phi) is 5.08. The van der Waals surface area contributed by atoms with E-state index in [-0.39, 0.29) is 11.7 Å². The normalized spacial score (nSPS) is 11.0. The fourth-order valence-corrected chi connectivity index (χ4v) is 3.27. The number of rotatable bonds is 5. The molecule has 2 heterocycles. The van der Waals surface area contributed by atoms with Crippen LogP contribution in [0.3, 0.4) is 0 Å². The van der Waals surface area contributed by atoms with Crippen molar-refractivity contribution in [2.75, 3.05) is 5.32 Å². The van der Waals surface area contributed by atoms with Crippen LogP contribution in [0.1, 0.15) is 34.1 Å². The molecule has 1 N–H and O–H groups in total. The Morgan fingerprint density at radius 1 is 1.07 bits per heavy atom. The summed E-state index contributed by atoms with van der Waals surface area (Å²) < 4.78 is 15.2. The van der Waals surface area contributed by atoms with Gasteiger partial charge in [-0.1, -0.05) is 31.2 Å². The van der Waals surface area contributed by atoms with E-state index in [9.17, 15) is 9.18 Å². The summed E-state index contributed by atoms with van der Waals surface area (Å²) in [5.74, 6) is -0.0186. The smallest absolute Gasteiger partial charge is 0.258 e. The monoisotopic (exact) mass is 388 g/mol. The molecule has 0 aliphatic heterocycles. The van der Waals surface area contributed by atoms with Crippen molar-refractivity contribution in [1.82, 2.24) is 14.8 Å². The molecule has 0 spiro atoms. The zero-order chi connectivity index (χ0) is 20.4. The van der Waals surface area contributed by atoms with Crippen molar-refractivity contribution in [1.29, 1.82) is 0 Å². The number of aromatic nitrogens is 3. The number of carbonyl (C=O) groups is 1. The van der Waals surface area contributed by atoms with E-state index in [1.54, 1.807) is 36.0 Å². The van der Waals surface area contributed by atoms with Crippen molar-refractivity contribution in [3.05, 3.63) is 89.0 Å². The van der Waals surface area contributed by atoms with Crippen molar-refractivity contribution in [3.8, 4) is 0 Å². The summed E-state index contributed by atoms with van der Waals surface area (Å²) >= 11 is 0. The van der Waals surface area contributed by atoms with Crippen LogP contribution in [0.4, 0.5) is 10.2 Å². The van der Waals surface area contributed by atoms with Gasteiger partial charge in [-0.15, -0.1) is 0 Å². The highest BCUT2D eigenvalue weighted by atomic mass is 19.1. The Morgan fingerprint density at radius 2 is 1.83 bits per heavy atom. The molecule has 5 nitrogen and oxygen atoms in total. The summed E-state index contributed by atoms with van der Waals surface area (Å²) in [7, 11) is 0. The fraction of sp³-hybridized carbons (Fsp3) is 0.174. The van der Waals surface area contributed by atoms with E-state index >= 15 is 0 Å². The Morgan fingerprint density at radius 3 is 2.59 bits per heavy atom. The Balaban J connectivity index is 1.56. The van der Waals surface area contributed by atoms with Crippen molar-refractivity contribution >= 4 is 22.6 Å². The molecule has 0 aliphatic carbocycles. The molecular formula is C23H21FN4O. The summed E-state index contributed by atoms with van der Waals surface area (Å²) in [5.41, 5.74) is 3.90. The van der Waals surface area contributed by atoms with Gasteiger partial charge < -0.3 is 5.32 Å². The van der Waals surface area contributed by atoms with E-state index < -0.39 is 0 Å². The van der Waals surface area contributed by atoms with Gasteiger partial charge in [0.25, 0.3) is 5.91 Å². The van der Waals surface area contributed by atoms with E-state index in [0.29, 0.717) is 34.5 Å². The zero-order valence-electron chi connectivity index (χ0n) is 16.3. The number of aryl methyl sites for hydroxylation is 2. The minimum absolute atomic E-state index is 0.274. The van der Waals surface area contributed by atoms with Crippen LogP contribution in [0.15, 0.2) is 60.8 Å². The number of carbonyl (C=O) groups excluding carboxylic acids is 1. The molecule has 0 atom stereocenters. The van der Waals surface area contributed by atoms with Crippen LogP contribution in [0.25, 0.3) is 10.9 Å². The maximum atomic E-state index is 13.4. The number of halogens is 1. The number of anilines is 1. The third-order valence-electron chi connectivity index (χ3n) is 4.94. The number of fused-ring (bicyclic) bond motifs is 1. The first-order valence-corrected chi connectivity index (χ1v) is 9.51. The van der Waals surface area contributed by atoms with Gasteiger partial charge in [-0.25, -0.2) is 9.07 Å². The standard InChI is InChI=1S/C23H21FN4O/c1-3-16-4-6-17(7-5-16)14-28-22(10-11-25-28)27-23(29)20-12-18-8-9-19(24)13-21(18)26-15(20)2/h4-13H,3,14H2,1-2H3,(H,27,29). The molecule has 0 fully saturated rings. The molecule has 0 bridgehead atoms. The molecule has 0 radical (unpaired) electrons. The largest absolute Gasteiger partial charge is 0.307 e. The highest BCUT2D eigenvalue weighted by molar-refractivity contribution is 6.06. The Bertz CT molecular complexity index is 1180. The lowest BCUT2D eigenvalue weighted by Gasteiger charge is -2.11. The summed E-state index contributed by atoms with van der Waals surface area (Å²) in [4.78, 5) is 17.2. The quantitative estimate of drug-likeness (QED) is 0.537. The molecule has 146 valence electrons. The van der Waals surface area contributed by atoms with Gasteiger partial charge >= 0.3 is 0 Å². The molecule has 29 heavy (non-hydrogen) atoms. The third kappa shape index (κ3) is 4.01. The number of nitrogens with zero attached hydrogens (tertiary/aromatic N) is 3. The summed E-state index contributed by atoms with van der Waals surface area (Å²) in [6, 6.07) is 16.2. The van der Waals surface area contributed by atoms with E-state index in [1.807, 2.05) is 0 Å². The van der Waals surface area contributed by atoms with Gasteiger partial charge in [0.2, 0.25) is 0 Å². The number of hydrogen-bond acceptors (Lipinski definition) is 3. The second-order valence-electron chi connectivity index (χ2n) is 6.96. The van der Waals surface area contributed by atoms with Crippen molar-refractivity contribution in [2.45, 2.75) is 26.8 Å². The lowest BCUT2D eigenvalue weighted by atomic mass is 10.1. The van der Waals surface area contributed by atoms with Crippen molar-refractivity contribution < 1.29 is 9.18 Å². The average molecular weight is 388 g/mol. The molecular weight excluding hydrogens is 367 g/mol. The topological polar surface area (TPSA) is 59.8 Å². The van der Waals surface area contributed by atoms with E-state index in [1.165, 1.54) is 17.7 Å². The summed E-state index contributed by atoms with van der Waals surface area (Å²) in [6.45, 7) is 4.42. The van der Waals surface area contributed by atoms with Crippen LogP contribution >= 0.6 is 0 Å². The first kappa shape index (κ1) is 18.8. The molecule has 0 saturated heterocycles. The molecule has 4 aromatic rings. The number of pyridine rings is 1. The Hall–Kier alpha value is -3.54. The Labute approximate surface area is 168 Å². The molecule has 4 rings (SSSR count). The SMILES string of the molecule is CCc1ccc(Cn2nccc2NC(=O)c2cc3ccc(F)cc3nc2C)cc1. The molecule has 2 aromatic heterocycles. The fourth-order valence-electron chi connectivity index (χ4n) is 3.27. The van der Waals surface area contributed by atoms with Crippen LogP contribution < -0.4 is 5.32 Å². The minimum Gasteiger partial charge on any atom is -0.307 e. The van der Waals surface area contributed by atoms with Crippen LogP contribution in [0.5, 0.6) is 0 Å². The second-order valence-corrected chi connectivity index (χ2v) is 6.96. The minimum atomic E-state index is -0.350. The van der Waals surface area contributed by atoms with Crippen LogP contribution in [0.2, 0.25) is 0 Å². The average Bonchev–Trinajstić information content (AvgIpc) is 3.14. The zero-order valence-corrected chi connectivity index (χ0v) is 16.3. The van der Waals surface area contributed by atoms with Crippen LogP contribution in [-0.4, -0.2) is 20.7 Å². The van der Waals surface area contributed by atoms with Crippen molar-refractivity contribution in [2.24, 2.45) is 0 Å². The van der Waals surface area contributed by atoms with E-state index in [2.05, 4.69) is 46.6 Å². The molecule has 0 unspecified atom stereocenters. The number of hydrogen-bond donors (Lipinski definition) is 1. The van der Waals surface area contributed by atoms with Crippen LogP contribution in [0, 0.1) is 12.7 Å². The number of nitrogens with one attached hydrogen (secondary N) is 1. The van der Waals surface area contributed by atoms with Gasteiger partial charge in [0.05, 0.1) is 29.5 Å². The maximum absolute atomic E-state index is 13.4. The van der Waals surface area contributed by atoms with Gasteiger partial charge in [-0.2, -0.15) is 5.10 Å². The summed E-state index contributed by atoms with van der Waals surface area (Å²) in [5, 5.41) is 7.96. The number of benzene rings is 2. The molecule has 0 aliphatic rings. The number of amides is 1. The molecule has 1 amide bonds. The predicted molar refractivity (Wildman–Crippen MR) is 112 cm³/mol. The summed E-state index contributed by atoms with van der Waals surface area (Å²) in [6.07, 6.45) is 2.65. The predicted octanol–water partition coefficient (Wildman–Crippen LogP) is 4.74. The molecule has 2 aromatic carbocycles. The van der Waals surface area contributed by atoms with E-state index in [0.717, 1.165) is 12.0 Å². The highest BCUT2D eigenvalue weighted by Crippen LogP contribution is 2.19. The molecule has 0 saturated carbocycles. The maximum Gasteiger partial charge on any atom is 0.258 e. The van der Waals surface area contributed by atoms with Gasteiger partial charge in [0.1, 0.15) is 11.6 Å². The van der Waals surface area contributed by atoms with Gasteiger partial charge in [0, 0.05) is 17.5 Å². The lowest BCUT2D eigenvalue weighted by molar-refractivity contribution is 0.102. The third-order valence-corrected chi connectivity index (χ3v) is 4.94. The van der Waals surface area contributed by atoms with Gasteiger partial charge in [-0.3, -0.25) is 9.78 Å². The lowest BCUT2D eigenvalue weighted by Crippen LogP contribution is -2.17.